The van der Waals surface area contributed by atoms with Crippen LogP contribution in [0.1, 0.15) is 34.5 Å². The second-order valence-electron chi connectivity index (χ2n) is 8.26. The number of halogens is 4. The van der Waals surface area contributed by atoms with E-state index >= 15 is 4.39 Å². The van der Waals surface area contributed by atoms with Crippen LogP contribution in [-0.2, 0) is 6.18 Å². The highest BCUT2D eigenvalue weighted by Gasteiger charge is 2.42. The minimum Gasteiger partial charge on any atom is -0.367 e. The van der Waals surface area contributed by atoms with E-state index in [9.17, 15) is 18.0 Å². The Balaban J connectivity index is 1.87. The van der Waals surface area contributed by atoms with Crippen LogP contribution < -0.4 is 10.6 Å². The van der Waals surface area contributed by atoms with Gasteiger partial charge in [0.2, 0.25) is 0 Å². The van der Waals surface area contributed by atoms with Gasteiger partial charge in [-0.05, 0) is 43.4 Å². The molecule has 31 heavy (non-hydrogen) atoms. The lowest BCUT2D eigenvalue weighted by atomic mass is 9.91. The average molecular weight is 436 g/mol. The Labute approximate surface area is 177 Å². The Kier molecular flexibility index (Phi) is 5.02. The first-order valence-corrected chi connectivity index (χ1v) is 10.1. The third-order valence-corrected chi connectivity index (χ3v) is 6.50. The highest BCUT2D eigenvalue weighted by Crippen LogP contribution is 2.44. The number of likely N-dealkylation sites (tertiary alicyclic amines) is 1. The first-order valence-electron chi connectivity index (χ1n) is 10.1. The number of benzene rings is 1. The summed E-state index contributed by atoms with van der Waals surface area (Å²) in [6.45, 7) is 10.8. The number of primary amides is 1. The van der Waals surface area contributed by atoms with Gasteiger partial charge in [0.05, 0.1) is 22.8 Å². The maximum atomic E-state index is 15.3. The Morgan fingerprint density at radius 1 is 1.35 bits per heavy atom. The molecule has 0 aliphatic carbocycles. The molecule has 2 atom stereocenters. The first-order chi connectivity index (χ1) is 14.5. The molecule has 9 heteroatoms. The van der Waals surface area contributed by atoms with E-state index in [2.05, 4.69) is 23.0 Å². The van der Waals surface area contributed by atoms with Crippen LogP contribution >= 0.6 is 0 Å². The van der Waals surface area contributed by atoms with Crippen molar-refractivity contribution in [3.63, 3.8) is 0 Å². The number of nitrogens with one attached hydrogen (secondary N) is 1. The maximum absolute atomic E-state index is 15.3. The van der Waals surface area contributed by atoms with Crippen molar-refractivity contribution in [3.05, 3.63) is 53.6 Å². The standard InChI is InChI=1S/C22H24F4N4O/c1-4-11(2)30-7-5-6-13-9-29(10-16(13)30)19-15(23)8-14(21(27)31)18-17(19)12(3)20(28-18)22(24,25)26/h4,8,13,16,28H,1-2,5-7,9-10H2,3H3,(H2,27,31). The number of hydrogen-bond donors (Lipinski definition) is 2. The summed E-state index contributed by atoms with van der Waals surface area (Å²) < 4.78 is 56.0. The number of aryl methyl sites for hydroxylation is 1. The fraction of sp³-hybridized carbons (Fsp3) is 0.409. The van der Waals surface area contributed by atoms with Gasteiger partial charge in [0.15, 0.2) is 0 Å². The number of carbonyl (C=O) groups excluding carboxylic acids is 1. The summed E-state index contributed by atoms with van der Waals surface area (Å²) in [7, 11) is 0. The molecule has 2 fully saturated rings. The molecule has 166 valence electrons. The number of aromatic nitrogens is 1. The molecule has 2 saturated heterocycles. The summed E-state index contributed by atoms with van der Waals surface area (Å²) in [4.78, 5) is 18.1. The number of aromatic amines is 1. The summed E-state index contributed by atoms with van der Waals surface area (Å²) in [5, 5.41) is 0.0499. The molecule has 4 rings (SSSR count). The molecule has 0 spiro atoms. The largest absolute Gasteiger partial charge is 0.431 e. The molecule has 3 N–H and O–H groups in total. The summed E-state index contributed by atoms with van der Waals surface area (Å²) in [5.74, 6) is -1.53. The molecule has 0 saturated carbocycles. The first kappa shape index (κ1) is 21.3. The fourth-order valence-corrected chi connectivity index (χ4v) is 5.10. The van der Waals surface area contributed by atoms with Gasteiger partial charge < -0.3 is 20.5 Å². The SMILES string of the molecule is C=CC(=C)N1CCCC2CN(c3c(F)cc(C(N)=O)c4[nH]c(C(F)(F)F)c(C)c34)CC21. The van der Waals surface area contributed by atoms with Crippen molar-refractivity contribution in [2.45, 2.75) is 32.0 Å². The van der Waals surface area contributed by atoms with Crippen LogP contribution in [0.5, 0.6) is 0 Å². The second kappa shape index (κ2) is 7.32. The lowest BCUT2D eigenvalue weighted by Crippen LogP contribution is -2.43. The minimum absolute atomic E-state index is 0.0499. The molecule has 1 aromatic carbocycles. The van der Waals surface area contributed by atoms with Gasteiger partial charge >= 0.3 is 6.18 Å². The molecular weight excluding hydrogens is 412 g/mol. The molecular formula is C22H24F4N4O. The van der Waals surface area contributed by atoms with Crippen molar-refractivity contribution < 1.29 is 22.4 Å². The average Bonchev–Trinajstić information content (AvgIpc) is 3.28. The molecule has 1 amide bonds. The normalized spacial score (nSPS) is 21.5. The van der Waals surface area contributed by atoms with Gasteiger partial charge in [0.25, 0.3) is 5.91 Å². The number of rotatable bonds is 4. The summed E-state index contributed by atoms with van der Waals surface area (Å²) in [6, 6.07) is 0.990. The van der Waals surface area contributed by atoms with Gasteiger partial charge in [-0.15, -0.1) is 0 Å². The minimum atomic E-state index is -4.68. The van der Waals surface area contributed by atoms with Crippen molar-refractivity contribution in [2.75, 3.05) is 24.5 Å². The number of alkyl halides is 3. The fourth-order valence-electron chi connectivity index (χ4n) is 5.10. The lowest BCUT2D eigenvalue weighted by Gasteiger charge is -2.38. The Hall–Kier alpha value is -2.97. The van der Waals surface area contributed by atoms with Gasteiger partial charge in [-0.2, -0.15) is 13.2 Å². The third kappa shape index (κ3) is 3.36. The quantitative estimate of drug-likeness (QED) is 0.554. The number of amides is 1. The molecule has 0 bridgehead atoms. The van der Waals surface area contributed by atoms with Crippen molar-refractivity contribution in [2.24, 2.45) is 11.7 Å². The van der Waals surface area contributed by atoms with E-state index in [1.54, 1.807) is 11.0 Å². The maximum Gasteiger partial charge on any atom is 0.431 e. The Morgan fingerprint density at radius 2 is 2.06 bits per heavy atom. The molecule has 2 unspecified atom stereocenters. The van der Waals surface area contributed by atoms with Crippen LogP contribution in [0.15, 0.2) is 31.0 Å². The van der Waals surface area contributed by atoms with Gasteiger partial charge in [-0.3, -0.25) is 4.79 Å². The van der Waals surface area contributed by atoms with E-state index in [1.165, 1.54) is 6.92 Å². The zero-order valence-corrected chi connectivity index (χ0v) is 17.2. The highest BCUT2D eigenvalue weighted by atomic mass is 19.4. The van der Waals surface area contributed by atoms with E-state index in [-0.39, 0.29) is 39.7 Å². The Bertz CT molecular complexity index is 1090. The third-order valence-electron chi connectivity index (χ3n) is 6.50. The summed E-state index contributed by atoms with van der Waals surface area (Å²) >= 11 is 0. The number of hydrogen-bond acceptors (Lipinski definition) is 3. The Morgan fingerprint density at radius 3 is 2.68 bits per heavy atom. The van der Waals surface area contributed by atoms with E-state index in [1.807, 2.05) is 0 Å². The van der Waals surface area contributed by atoms with Crippen molar-refractivity contribution in [1.29, 1.82) is 0 Å². The monoisotopic (exact) mass is 436 g/mol. The number of nitrogens with zero attached hydrogens (tertiary/aromatic N) is 2. The molecule has 3 heterocycles. The van der Waals surface area contributed by atoms with Crippen molar-refractivity contribution >= 4 is 22.5 Å². The summed E-state index contributed by atoms with van der Waals surface area (Å²) in [5.41, 5.74) is 4.65. The number of fused-ring (bicyclic) bond motifs is 2. The predicted octanol–water partition coefficient (Wildman–Crippen LogP) is 4.33. The molecule has 5 nitrogen and oxygen atoms in total. The lowest BCUT2D eigenvalue weighted by molar-refractivity contribution is -0.141. The van der Waals surface area contributed by atoms with Gasteiger partial charge in [-0.25, -0.2) is 4.39 Å². The predicted molar refractivity (Wildman–Crippen MR) is 111 cm³/mol. The summed E-state index contributed by atoms with van der Waals surface area (Å²) in [6.07, 6.45) is -1.12. The van der Waals surface area contributed by atoms with Crippen LogP contribution in [0.25, 0.3) is 10.9 Å². The van der Waals surface area contributed by atoms with E-state index < -0.39 is 23.6 Å². The van der Waals surface area contributed by atoms with Crippen molar-refractivity contribution in [1.82, 2.24) is 9.88 Å². The van der Waals surface area contributed by atoms with Crippen LogP contribution in [0.2, 0.25) is 0 Å². The number of nitrogens with two attached hydrogens (primary N) is 1. The molecule has 0 radical (unpaired) electrons. The zero-order chi connectivity index (χ0) is 22.7. The van der Waals surface area contributed by atoms with Gasteiger partial charge in [-0.1, -0.05) is 13.2 Å². The van der Waals surface area contributed by atoms with Crippen molar-refractivity contribution in [3.8, 4) is 0 Å². The zero-order valence-electron chi connectivity index (χ0n) is 17.2. The number of H-pyrrole nitrogens is 1. The number of allylic oxidation sites excluding steroid dienone is 1. The molecule has 2 aromatic rings. The smallest absolute Gasteiger partial charge is 0.367 e. The van der Waals surface area contributed by atoms with Gasteiger partial charge in [0, 0.05) is 30.7 Å². The number of piperidine rings is 1. The highest BCUT2D eigenvalue weighted by molar-refractivity contribution is 6.10. The molecule has 2 aliphatic rings. The molecule has 1 aromatic heterocycles. The number of anilines is 1. The van der Waals surface area contributed by atoms with E-state index in [4.69, 9.17) is 5.73 Å². The van der Waals surface area contributed by atoms with E-state index in [0.717, 1.165) is 31.1 Å². The van der Waals surface area contributed by atoms with Gasteiger partial charge in [0.1, 0.15) is 11.5 Å². The topological polar surface area (TPSA) is 65.4 Å². The number of carbonyl (C=O) groups is 1. The van der Waals surface area contributed by atoms with Crippen LogP contribution in [-0.4, -0.2) is 41.5 Å². The van der Waals surface area contributed by atoms with Crippen LogP contribution in [0, 0.1) is 18.7 Å². The molecule has 2 aliphatic heterocycles. The second-order valence-corrected chi connectivity index (χ2v) is 8.26. The van der Waals surface area contributed by atoms with Crippen LogP contribution in [0.3, 0.4) is 0 Å². The van der Waals surface area contributed by atoms with E-state index in [0.29, 0.717) is 13.1 Å². The van der Waals surface area contributed by atoms with Crippen LogP contribution in [0.4, 0.5) is 23.2 Å².